The van der Waals surface area contributed by atoms with E-state index in [9.17, 15) is 9.59 Å². The van der Waals surface area contributed by atoms with Crippen LogP contribution in [0.5, 0.6) is 5.75 Å². The number of benzene rings is 1. The van der Waals surface area contributed by atoms with Gasteiger partial charge in [-0.1, -0.05) is 19.4 Å². The number of aromatic amines is 1. The number of nitrogens with one attached hydrogen (secondary N) is 1. The number of carbonyl (C=O) groups is 1. The van der Waals surface area contributed by atoms with E-state index in [0.29, 0.717) is 29.1 Å². The molecule has 0 spiro atoms. The summed E-state index contributed by atoms with van der Waals surface area (Å²) >= 11 is 0. The second kappa shape index (κ2) is 8.49. The fourth-order valence-corrected chi connectivity index (χ4v) is 2.93. The summed E-state index contributed by atoms with van der Waals surface area (Å²) in [4.78, 5) is 34.1. The van der Waals surface area contributed by atoms with Crippen LogP contribution >= 0.6 is 0 Å². The smallest absolute Gasteiger partial charge is 0.272 e. The summed E-state index contributed by atoms with van der Waals surface area (Å²) in [6.45, 7) is 2.89. The molecule has 0 fully saturated rings. The first-order valence-corrected chi connectivity index (χ1v) is 9.02. The molecule has 6 nitrogen and oxygen atoms in total. The molecule has 0 radical (unpaired) electrons. The summed E-state index contributed by atoms with van der Waals surface area (Å²) in [6, 6.07) is 12.6. The molecule has 1 aromatic carbocycles. The normalized spacial score (nSPS) is 10.7. The predicted molar refractivity (Wildman–Crippen MR) is 105 cm³/mol. The van der Waals surface area contributed by atoms with E-state index in [1.165, 1.54) is 0 Å². The van der Waals surface area contributed by atoms with Gasteiger partial charge in [0.25, 0.3) is 11.5 Å². The fraction of sp³-hybridized carbons (Fsp3) is 0.286. The molecule has 1 N–H and O–H groups in total. The van der Waals surface area contributed by atoms with Gasteiger partial charge in [0, 0.05) is 24.4 Å². The van der Waals surface area contributed by atoms with E-state index in [2.05, 4.69) is 16.9 Å². The number of pyridine rings is 2. The van der Waals surface area contributed by atoms with Gasteiger partial charge in [0.15, 0.2) is 0 Å². The first kappa shape index (κ1) is 18.6. The SMILES string of the molecule is CCCCN(Cc1cc2ccc(OC)cc2[nH]c1=O)C(=O)c1ccccn1. The van der Waals surface area contributed by atoms with Crippen molar-refractivity contribution in [1.29, 1.82) is 0 Å². The molecule has 3 rings (SSSR count). The van der Waals surface area contributed by atoms with Gasteiger partial charge in [-0.2, -0.15) is 0 Å². The Morgan fingerprint density at radius 1 is 1.22 bits per heavy atom. The highest BCUT2D eigenvalue weighted by Gasteiger charge is 2.18. The van der Waals surface area contributed by atoms with Crippen molar-refractivity contribution in [2.24, 2.45) is 0 Å². The van der Waals surface area contributed by atoms with Crippen molar-refractivity contribution >= 4 is 16.8 Å². The molecule has 0 aliphatic rings. The van der Waals surface area contributed by atoms with Gasteiger partial charge < -0.3 is 14.6 Å². The Morgan fingerprint density at radius 3 is 2.78 bits per heavy atom. The summed E-state index contributed by atoms with van der Waals surface area (Å²) in [5.41, 5.74) is 1.44. The number of methoxy groups -OCH3 is 1. The minimum absolute atomic E-state index is 0.168. The molecule has 0 bridgehead atoms. The van der Waals surface area contributed by atoms with Crippen molar-refractivity contribution < 1.29 is 9.53 Å². The molecule has 27 heavy (non-hydrogen) atoms. The van der Waals surface area contributed by atoms with Crippen LogP contribution in [-0.4, -0.2) is 34.4 Å². The lowest BCUT2D eigenvalue weighted by Crippen LogP contribution is -2.34. The zero-order valence-corrected chi connectivity index (χ0v) is 15.6. The molecule has 0 saturated heterocycles. The van der Waals surface area contributed by atoms with E-state index in [1.807, 2.05) is 18.2 Å². The first-order chi connectivity index (χ1) is 13.1. The molecule has 0 aliphatic heterocycles. The third-order valence-electron chi connectivity index (χ3n) is 4.44. The number of aromatic nitrogens is 2. The second-order valence-electron chi connectivity index (χ2n) is 6.37. The Balaban J connectivity index is 1.92. The highest BCUT2D eigenvalue weighted by Crippen LogP contribution is 2.19. The van der Waals surface area contributed by atoms with E-state index in [4.69, 9.17) is 4.74 Å². The summed E-state index contributed by atoms with van der Waals surface area (Å²) in [5.74, 6) is 0.513. The molecule has 6 heteroatoms. The quantitative estimate of drug-likeness (QED) is 0.696. The van der Waals surface area contributed by atoms with Crippen LogP contribution in [0.25, 0.3) is 10.9 Å². The summed E-state index contributed by atoms with van der Waals surface area (Å²) < 4.78 is 5.20. The topological polar surface area (TPSA) is 75.3 Å². The molecule has 0 unspecified atom stereocenters. The standard InChI is InChI=1S/C21H23N3O3/c1-3-4-11-24(21(26)18-7-5-6-10-22-18)14-16-12-15-8-9-17(27-2)13-19(15)23-20(16)25/h5-10,12-13H,3-4,11,14H2,1-2H3,(H,23,25). The predicted octanol–water partition coefficient (Wildman–Crippen LogP) is 3.37. The van der Waals surface area contributed by atoms with Gasteiger partial charge in [0.05, 0.1) is 19.2 Å². The molecule has 2 aromatic heterocycles. The Kier molecular flexibility index (Phi) is 5.86. The number of hydrogen-bond donors (Lipinski definition) is 1. The largest absolute Gasteiger partial charge is 0.497 e. The molecule has 0 aliphatic carbocycles. The molecule has 1 amide bonds. The van der Waals surface area contributed by atoms with Crippen molar-refractivity contribution in [3.63, 3.8) is 0 Å². The van der Waals surface area contributed by atoms with Crippen LogP contribution in [0.3, 0.4) is 0 Å². The number of hydrogen-bond acceptors (Lipinski definition) is 4. The lowest BCUT2D eigenvalue weighted by molar-refractivity contribution is 0.0734. The summed E-state index contributed by atoms with van der Waals surface area (Å²) in [5, 5.41) is 0.895. The monoisotopic (exact) mass is 365 g/mol. The lowest BCUT2D eigenvalue weighted by atomic mass is 10.1. The van der Waals surface area contributed by atoms with Crippen LogP contribution < -0.4 is 10.3 Å². The lowest BCUT2D eigenvalue weighted by Gasteiger charge is -2.22. The van der Waals surface area contributed by atoms with Crippen LogP contribution in [0.2, 0.25) is 0 Å². The van der Waals surface area contributed by atoms with Crippen molar-refractivity contribution in [2.75, 3.05) is 13.7 Å². The first-order valence-electron chi connectivity index (χ1n) is 9.02. The number of rotatable bonds is 7. The van der Waals surface area contributed by atoms with Crippen LogP contribution in [0.1, 0.15) is 35.8 Å². The van der Waals surface area contributed by atoms with Gasteiger partial charge in [-0.05, 0) is 42.1 Å². The molecule has 0 saturated carbocycles. The van der Waals surface area contributed by atoms with Crippen molar-refractivity contribution in [3.05, 3.63) is 70.3 Å². The number of nitrogens with zero attached hydrogens (tertiary/aromatic N) is 2. The number of H-pyrrole nitrogens is 1. The second-order valence-corrected chi connectivity index (χ2v) is 6.37. The average Bonchev–Trinajstić information content (AvgIpc) is 2.71. The Morgan fingerprint density at radius 2 is 2.07 bits per heavy atom. The zero-order valence-electron chi connectivity index (χ0n) is 15.6. The highest BCUT2D eigenvalue weighted by atomic mass is 16.5. The van der Waals surface area contributed by atoms with Crippen LogP contribution in [0.4, 0.5) is 0 Å². The van der Waals surface area contributed by atoms with E-state index in [0.717, 1.165) is 18.2 Å². The van der Waals surface area contributed by atoms with Crippen molar-refractivity contribution in [2.45, 2.75) is 26.3 Å². The maximum absolute atomic E-state index is 12.8. The van der Waals surface area contributed by atoms with Crippen LogP contribution in [-0.2, 0) is 6.54 Å². The summed E-state index contributed by atoms with van der Waals surface area (Å²) in [6.07, 6.45) is 3.42. The molecule has 140 valence electrons. The molecule has 2 heterocycles. The molecular formula is C21H23N3O3. The van der Waals surface area contributed by atoms with Gasteiger partial charge in [-0.3, -0.25) is 14.6 Å². The van der Waals surface area contributed by atoms with Gasteiger partial charge in [0.2, 0.25) is 0 Å². The molecule has 0 atom stereocenters. The number of unbranched alkanes of at least 4 members (excludes halogenated alkanes) is 1. The van der Waals surface area contributed by atoms with Crippen molar-refractivity contribution in [1.82, 2.24) is 14.9 Å². The fourth-order valence-electron chi connectivity index (χ4n) is 2.93. The minimum Gasteiger partial charge on any atom is -0.497 e. The maximum atomic E-state index is 12.8. The number of carbonyl (C=O) groups excluding carboxylic acids is 1. The van der Waals surface area contributed by atoms with E-state index >= 15 is 0 Å². The highest BCUT2D eigenvalue weighted by molar-refractivity contribution is 5.92. The summed E-state index contributed by atoms with van der Waals surface area (Å²) in [7, 11) is 1.59. The van der Waals surface area contributed by atoms with E-state index in [1.54, 1.807) is 42.5 Å². The third-order valence-corrected chi connectivity index (χ3v) is 4.44. The Hall–Kier alpha value is -3.15. The minimum atomic E-state index is -0.203. The molecular weight excluding hydrogens is 342 g/mol. The van der Waals surface area contributed by atoms with E-state index in [-0.39, 0.29) is 18.0 Å². The van der Waals surface area contributed by atoms with E-state index < -0.39 is 0 Å². The van der Waals surface area contributed by atoms with Crippen molar-refractivity contribution in [3.8, 4) is 5.75 Å². The third kappa shape index (κ3) is 4.34. The van der Waals surface area contributed by atoms with Gasteiger partial charge in [-0.25, -0.2) is 0 Å². The molecule has 3 aromatic rings. The number of fused-ring (bicyclic) bond motifs is 1. The van der Waals surface area contributed by atoms with Crippen LogP contribution in [0.15, 0.2) is 53.5 Å². The Bertz CT molecular complexity index is 983. The average molecular weight is 365 g/mol. The van der Waals surface area contributed by atoms with Gasteiger partial charge >= 0.3 is 0 Å². The Labute approximate surface area is 157 Å². The number of ether oxygens (including phenoxy) is 1. The zero-order chi connectivity index (χ0) is 19.2. The maximum Gasteiger partial charge on any atom is 0.272 e. The van der Waals surface area contributed by atoms with Gasteiger partial charge in [0.1, 0.15) is 11.4 Å². The van der Waals surface area contributed by atoms with Crippen LogP contribution in [0, 0.1) is 0 Å². The van der Waals surface area contributed by atoms with Gasteiger partial charge in [-0.15, -0.1) is 0 Å². The number of amides is 1.